The van der Waals surface area contributed by atoms with E-state index in [4.69, 9.17) is 21.6 Å². The monoisotopic (exact) mass is 199 g/mol. The van der Waals surface area contributed by atoms with E-state index in [0.29, 0.717) is 10.6 Å². The maximum Gasteiger partial charge on any atom is 0.165 e. The Kier molecular flexibility index (Phi) is 3.10. The van der Waals surface area contributed by atoms with Crippen molar-refractivity contribution in [1.29, 1.82) is 5.26 Å². The molecule has 68 valence electrons. The largest absolute Gasteiger partial charge is 0.493 e. The maximum absolute atomic E-state index is 13.1. The number of halogens is 2. The number of hydrogen-bond donors (Lipinski definition) is 0. The summed E-state index contributed by atoms with van der Waals surface area (Å²) < 4.78 is 17.9. The number of methoxy groups -OCH3 is 1. The van der Waals surface area contributed by atoms with Gasteiger partial charge in [-0.3, -0.25) is 0 Å². The molecular formula is C9H7ClFNO. The average Bonchev–Trinajstić information content (AvgIpc) is 2.12. The third-order valence-corrected chi connectivity index (χ3v) is 1.97. The van der Waals surface area contributed by atoms with E-state index in [1.54, 1.807) is 0 Å². The Hall–Kier alpha value is -1.27. The van der Waals surface area contributed by atoms with Gasteiger partial charge in [0.25, 0.3) is 0 Å². The highest BCUT2D eigenvalue weighted by Crippen LogP contribution is 2.29. The second-order valence-electron chi connectivity index (χ2n) is 2.38. The Morgan fingerprint density at radius 2 is 2.31 bits per heavy atom. The van der Waals surface area contributed by atoms with Crippen LogP contribution in [0.15, 0.2) is 12.1 Å². The zero-order valence-corrected chi connectivity index (χ0v) is 7.73. The van der Waals surface area contributed by atoms with Crippen molar-refractivity contribution in [2.24, 2.45) is 0 Å². The summed E-state index contributed by atoms with van der Waals surface area (Å²) in [7, 11) is 1.34. The highest BCUT2D eigenvalue weighted by atomic mass is 35.5. The van der Waals surface area contributed by atoms with E-state index in [1.807, 2.05) is 6.07 Å². The van der Waals surface area contributed by atoms with Gasteiger partial charge < -0.3 is 4.74 Å². The first-order valence-corrected chi connectivity index (χ1v) is 3.96. The average molecular weight is 200 g/mol. The van der Waals surface area contributed by atoms with Gasteiger partial charge in [0.1, 0.15) is 0 Å². The lowest BCUT2D eigenvalue weighted by Gasteiger charge is -2.07. The summed E-state index contributed by atoms with van der Waals surface area (Å²) in [6.45, 7) is 0. The summed E-state index contributed by atoms with van der Waals surface area (Å²) in [4.78, 5) is 0. The number of rotatable bonds is 2. The van der Waals surface area contributed by atoms with Gasteiger partial charge in [-0.1, -0.05) is 11.6 Å². The summed E-state index contributed by atoms with van der Waals surface area (Å²) in [6.07, 6.45) is 0.0414. The molecule has 0 saturated heterocycles. The summed E-state index contributed by atoms with van der Waals surface area (Å²) in [5, 5.41) is 8.82. The smallest absolute Gasteiger partial charge is 0.165 e. The Morgan fingerprint density at radius 3 is 2.85 bits per heavy atom. The Balaban J connectivity index is 3.27. The molecule has 0 aliphatic heterocycles. The predicted octanol–water partition coefficient (Wildman–Crippen LogP) is 2.55. The van der Waals surface area contributed by atoms with Crippen molar-refractivity contribution in [2.75, 3.05) is 7.11 Å². The van der Waals surface area contributed by atoms with Crippen LogP contribution >= 0.6 is 11.6 Å². The second-order valence-corrected chi connectivity index (χ2v) is 2.78. The van der Waals surface area contributed by atoms with Gasteiger partial charge in [0.15, 0.2) is 11.6 Å². The van der Waals surface area contributed by atoms with E-state index in [1.165, 1.54) is 19.2 Å². The number of nitriles is 1. The minimum absolute atomic E-state index is 0.0414. The van der Waals surface area contributed by atoms with Gasteiger partial charge >= 0.3 is 0 Å². The zero-order chi connectivity index (χ0) is 9.84. The molecule has 0 fully saturated rings. The summed E-state index contributed by atoms with van der Waals surface area (Å²) in [5.74, 6) is -0.453. The first-order chi connectivity index (χ1) is 6.20. The molecule has 0 amide bonds. The zero-order valence-electron chi connectivity index (χ0n) is 6.97. The third kappa shape index (κ3) is 1.90. The molecule has 0 aliphatic carbocycles. The molecule has 4 heteroatoms. The molecule has 1 aromatic carbocycles. The van der Waals surface area contributed by atoms with Crippen LogP contribution in [-0.4, -0.2) is 7.11 Å². The first kappa shape index (κ1) is 9.82. The van der Waals surface area contributed by atoms with Gasteiger partial charge in [0.2, 0.25) is 0 Å². The predicted molar refractivity (Wildman–Crippen MR) is 47.3 cm³/mol. The fourth-order valence-corrected chi connectivity index (χ4v) is 1.26. The topological polar surface area (TPSA) is 33.0 Å². The molecule has 0 N–H and O–H groups in total. The molecular weight excluding hydrogens is 193 g/mol. The lowest BCUT2D eigenvalue weighted by atomic mass is 10.1. The number of hydrogen-bond acceptors (Lipinski definition) is 2. The molecule has 0 spiro atoms. The van der Waals surface area contributed by atoms with Crippen molar-refractivity contribution in [1.82, 2.24) is 0 Å². The Morgan fingerprint density at radius 1 is 1.62 bits per heavy atom. The van der Waals surface area contributed by atoms with Gasteiger partial charge in [-0.2, -0.15) is 5.26 Å². The van der Waals surface area contributed by atoms with Crippen LogP contribution in [0.5, 0.6) is 5.75 Å². The van der Waals surface area contributed by atoms with Crippen molar-refractivity contribution < 1.29 is 9.13 Å². The highest BCUT2D eigenvalue weighted by molar-refractivity contribution is 6.31. The maximum atomic E-state index is 13.1. The molecule has 0 atom stereocenters. The fourth-order valence-electron chi connectivity index (χ4n) is 1.04. The quantitative estimate of drug-likeness (QED) is 0.734. The Labute approximate surface area is 80.5 Å². The molecule has 0 unspecified atom stereocenters. The van der Waals surface area contributed by atoms with Crippen LogP contribution in [0.3, 0.4) is 0 Å². The van der Waals surface area contributed by atoms with E-state index in [9.17, 15) is 4.39 Å². The van der Waals surface area contributed by atoms with Crippen molar-refractivity contribution >= 4 is 11.6 Å². The van der Waals surface area contributed by atoms with E-state index in [0.717, 1.165) is 0 Å². The van der Waals surface area contributed by atoms with Crippen LogP contribution in [0.1, 0.15) is 5.56 Å². The molecule has 1 rings (SSSR count). The molecule has 0 bridgehead atoms. The lowest BCUT2D eigenvalue weighted by molar-refractivity contribution is 0.382. The van der Waals surface area contributed by atoms with Crippen LogP contribution < -0.4 is 4.74 Å². The number of ether oxygens (including phenoxy) is 1. The number of nitrogens with zero attached hydrogens (tertiary/aromatic N) is 1. The molecule has 0 heterocycles. The summed E-state index contributed by atoms with van der Waals surface area (Å²) >= 11 is 5.76. The van der Waals surface area contributed by atoms with Gasteiger partial charge in [0, 0.05) is 10.6 Å². The second kappa shape index (κ2) is 4.11. The number of benzene rings is 1. The molecule has 0 aromatic heterocycles. The van der Waals surface area contributed by atoms with Crippen LogP contribution in [0.25, 0.3) is 0 Å². The van der Waals surface area contributed by atoms with Crippen LogP contribution in [0, 0.1) is 17.1 Å². The minimum atomic E-state index is -0.503. The van der Waals surface area contributed by atoms with Crippen LogP contribution in [0.4, 0.5) is 4.39 Å². The van der Waals surface area contributed by atoms with Crippen LogP contribution in [0.2, 0.25) is 5.02 Å². The van der Waals surface area contributed by atoms with E-state index >= 15 is 0 Å². The standard InChI is InChI=1S/C9H7ClFNO/c1-13-9-6(4-5-12)7(10)2-3-8(9)11/h2-3H,4H2,1H3. The first-order valence-electron chi connectivity index (χ1n) is 3.58. The normalized spacial score (nSPS) is 9.38. The van der Waals surface area contributed by atoms with Gasteiger partial charge in [0.05, 0.1) is 19.6 Å². The molecule has 13 heavy (non-hydrogen) atoms. The summed E-state index contributed by atoms with van der Waals surface area (Å²) in [5.41, 5.74) is 0.395. The Bertz CT molecular complexity index is 359. The SMILES string of the molecule is COc1c(F)ccc(Cl)c1CC#N. The molecule has 2 nitrogen and oxygen atoms in total. The van der Waals surface area contributed by atoms with Crippen LogP contribution in [-0.2, 0) is 6.42 Å². The lowest BCUT2D eigenvalue weighted by Crippen LogP contribution is -1.95. The van der Waals surface area contributed by atoms with Crippen molar-refractivity contribution in [3.63, 3.8) is 0 Å². The third-order valence-electron chi connectivity index (χ3n) is 1.62. The van der Waals surface area contributed by atoms with Crippen molar-refractivity contribution in [3.05, 3.63) is 28.5 Å². The fraction of sp³-hybridized carbons (Fsp3) is 0.222. The van der Waals surface area contributed by atoms with Gasteiger partial charge in [-0.15, -0.1) is 0 Å². The molecule has 0 aliphatic rings. The van der Waals surface area contributed by atoms with E-state index < -0.39 is 5.82 Å². The van der Waals surface area contributed by atoms with Gasteiger partial charge in [-0.25, -0.2) is 4.39 Å². The van der Waals surface area contributed by atoms with Crippen molar-refractivity contribution in [2.45, 2.75) is 6.42 Å². The minimum Gasteiger partial charge on any atom is -0.493 e. The molecule has 1 aromatic rings. The summed E-state index contributed by atoms with van der Waals surface area (Å²) in [6, 6.07) is 4.51. The van der Waals surface area contributed by atoms with E-state index in [-0.39, 0.29) is 12.2 Å². The van der Waals surface area contributed by atoms with Crippen molar-refractivity contribution in [3.8, 4) is 11.8 Å². The molecule has 0 saturated carbocycles. The van der Waals surface area contributed by atoms with E-state index in [2.05, 4.69) is 0 Å². The molecule has 0 radical (unpaired) electrons. The highest BCUT2D eigenvalue weighted by Gasteiger charge is 2.12. The van der Waals surface area contributed by atoms with Gasteiger partial charge in [-0.05, 0) is 12.1 Å².